The smallest absolute Gasteiger partial charge is 0.266 e. The normalized spacial score (nSPS) is 14.4. The van der Waals surface area contributed by atoms with Gasteiger partial charge < -0.3 is 4.90 Å². The number of aryl methyl sites for hydroxylation is 1. The number of rotatable bonds is 2. The third-order valence-electron chi connectivity index (χ3n) is 5.55. The fourth-order valence-corrected chi connectivity index (χ4v) is 4.56. The van der Waals surface area contributed by atoms with Crippen LogP contribution in [0.15, 0.2) is 65.5 Å². The van der Waals surface area contributed by atoms with Crippen molar-refractivity contribution >= 4 is 68.3 Å². The monoisotopic (exact) mass is 553 g/mol. The summed E-state index contributed by atoms with van der Waals surface area (Å²) in [5.41, 5.74) is 4.23. The van der Waals surface area contributed by atoms with Crippen molar-refractivity contribution < 1.29 is 4.79 Å². The number of nitrogens with zero attached hydrogens (tertiary/aromatic N) is 3. The van der Waals surface area contributed by atoms with Gasteiger partial charge in [0.1, 0.15) is 5.82 Å². The maximum atomic E-state index is 13.6. The lowest BCUT2D eigenvalue weighted by molar-refractivity contribution is -0.112. The highest BCUT2D eigenvalue weighted by molar-refractivity contribution is 14.1. The molecule has 0 radical (unpaired) electrons. The number of aromatic nitrogens is 2. The lowest BCUT2D eigenvalue weighted by atomic mass is 10.0. The van der Waals surface area contributed by atoms with Crippen molar-refractivity contribution in [3.8, 4) is 5.69 Å². The first-order chi connectivity index (χ1) is 15.3. The molecule has 0 aliphatic carbocycles. The van der Waals surface area contributed by atoms with Gasteiger partial charge in [0.25, 0.3) is 11.5 Å². The van der Waals surface area contributed by atoms with Gasteiger partial charge in [-0.15, -0.1) is 0 Å². The molecule has 7 heteroatoms. The van der Waals surface area contributed by atoms with Crippen LogP contribution in [0.2, 0.25) is 5.02 Å². The minimum absolute atomic E-state index is 0.134. The molecule has 4 aromatic rings. The van der Waals surface area contributed by atoms with Crippen LogP contribution in [0, 0.1) is 10.5 Å². The van der Waals surface area contributed by atoms with Crippen molar-refractivity contribution in [3.63, 3.8) is 0 Å². The van der Waals surface area contributed by atoms with Crippen LogP contribution < -0.4 is 10.5 Å². The molecule has 0 saturated carbocycles. The predicted molar refractivity (Wildman–Crippen MR) is 138 cm³/mol. The summed E-state index contributed by atoms with van der Waals surface area (Å²) in [6.07, 6.45) is 1.71. The number of anilines is 1. The van der Waals surface area contributed by atoms with E-state index in [4.69, 9.17) is 16.6 Å². The summed E-state index contributed by atoms with van der Waals surface area (Å²) >= 11 is 8.25. The number of halogens is 2. The van der Waals surface area contributed by atoms with Gasteiger partial charge in [0, 0.05) is 21.2 Å². The van der Waals surface area contributed by atoms with E-state index in [1.807, 2.05) is 43.3 Å². The van der Waals surface area contributed by atoms with Gasteiger partial charge in [-0.1, -0.05) is 23.2 Å². The SMILES string of the molecule is Cc1ccc2c(c1)/C(=C/c1nc3ccc(I)cc3c(=O)n1-c1ccc(Cl)cc1)C(=O)N2C. The highest BCUT2D eigenvalue weighted by atomic mass is 127. The molecule has 5 rings (SSSR count). The molecule has 32 heavy (non-hydrogen) atoms. The molecule has 3 aromatic carbocycles. The molecule has 1 aliphatic heterocycles. The number of benzene rings is 3. The Morgan fingerprint density at radius 3 is 2.50 bits per heavy atom. The molecule has 0 spiro atoms. The maximum Gasteiger partial charge on any atom is 0.266 e. The summed E-state index contributed by atoms with van der Waals surface area (Å²) < 4.78 is 2.47. The zero-order valence-electron chi connectivity index (χ0n) is 17.3. The number of carbonyl (C=O) groups excluding carboxylic acids is 1. The Morgan fingerprint density at radius 2 is 1.75 bits per heavy atom. The van der Waals surface area contributed by atoms with Gasteiger partial charge in [0.2, 0.25) is 0 Å². The maximum absolute atomic E-state index is 13.6. The van der Waals surface area contributed by atoms with E-state index in [0.29, 0.717) is 33.0 Å². The van der Waals surface area contributed by atoms with Crippen molar-refractivity contribution in [3.05, 3.63) is 96.6 Å². The highest BCUT2D eigenvalue weighted by Crippen LogP contribution is 2.37. The van der Waals surface area contributed by atoms with Crippen LogP contribution >= 0.6 is 34.2 Å². The number of carbonyl (C=O) groups is 1. The van der Waals surface area contributed by atoms with E-state index in [9.17, 15) is 9.59 Å². The fourth-order valence-electron chi connectivity index (χ4n) is 3.94. The second kappa shape index (κ2) is 7.86. The predicted octanol–water partition coefficient (Wildman–Crippen LogP) is 5.47. The van der Waals surface area contributed by atoms with Gasteiger partial charge >= 0.3 is 0 Å². The van der Waals surface area contributed by atoms with Crippen LogP contribution in [0.5, 0.6) is 0 Å². The Balaban J connectivity index is 1.83. The van der Waals surface area contributed by atoms with Crippen molar-refractivity contribution in [2.24, 2.45) is 0 Å². The Kier molecular flexibility index (Phi) is 5.14. The van der Waals surface area contributed by atoms with Crippen molar-refractivity contribution in [1.82, 2.24) is 9.55 Å². The topological polar surface area (TPSA) is 55.2 Å². The molecule has 0 bridgehead atoms. The van der Waals surface area contributed by atoms with Crippen molar-refractivity contribution in [2.45, 2.75) is 6.92 Å². The van der Waals surface area contributed by atoms with Crippen molar-refractivity contribution in [2.75, 3.05) is 11.9 Å². The number of likely N-dealkylation sites (N-methyl/N-ethyl adjacent to an activating group) is 1. The Hall–Kier alpha value is -2.97. The van der Waals surface area contributed by atoms with Gasteiger partial charge in [0.05, 0.1) is 27.9 Å². The molecular formula is C25H17ClIN3O2. The summed E-state index contributed by atoms with van der Waals surface area (Å²) in [6.45, 7) is 1.99. The summed E-state index contributed by atoms with van der Waals surface area (Å²) in [4.78, 5) is 33.0. The first-order valence-corrected chi connectivity index (χ1v) is 11.4. The number of hydrogen-bond donors (Lipinski definition) is 0. The molecule has 0 saturated heterocycles. The van der Waals surface area contributed by atoms with Gasteiger partial charge in [-0.3, -0.25) is 14.2 Å². The van der Waals surface area contributed by atoms with Gasteiger partial charge in [-0.25, -0.2) is 4.98 Å². The van der Waals surface area contributed by atoms with E-state index in [0.717, 1.165) is 20.4 Å². The van der Waals surface area contributed by atoms with Crippen LogP contribution in [0.4, 0.5) is 5.69 Å². The molecule has 0 fully saturated rings. The third-order valence-corrected chi connectivity index (χ3v) is 6.48. The zero-order valence-corrected chi connectivity index (χ0v) is 20.2. The zero-order chi connectivity index (χ0) is 22.6. The molecule has 1 aliphatic rings. The van der Waals surface area contributed by atoms with Gasteiger partial charge in [0.15, 0.2) is 0 Å². The van der Waals surface area contributed by atoms with E-state index in [-0.39, 0.29) is 11.5 Å². The van der Waals surface area contributed by atoms with Crippen molar-refractivity contribution in [1.29, 1.82) is 0 Å². The van der Waals surface area contributed by atoms with E-state index in [1.165, 1.54) is 4.57 Å². The molecule has 0 atom stereocenters. The van der Waals surface area contributed by atoms with E-state index >= 15 is 0 Å². The quantitative estimate of drug-likeness (QED) is 0.244. The van der Waals surface area contributed by atoms with E-state index < -0.39 is 0 Å². The lowest BCUT2D eigenvalue weighted by Crippen LogP contribution is -2.23. The van der Waals surface area contributed by atoms with Crippen LogP contribution in [0.1, 0.15) is 17.0 Å². The average Bonchev–Trinajstić information content (AvgIpc) is 3.00. The van der Waals surface area contributed by atoms with Gasteiger partial charge in [-0.05, 0) is 90.2 Å². The third kappa shape index (κ3) is 3.43. The largest absolute Gasteiger partial charge is 0.311 e. The number of hydrogen-bond acceptors (Lipinski definition) is 3. The van der Waals surface area contributed by atoms with E-state index in [1.54, 1.807) is 42.3 Å². The lowest BCUT2D eigenvalue weighted by Gasteiger charge is -2.12. The first-order valence-electron chi connectivity index (χ1n) is 9.92. The molecule has 1 amide bonds. The molecule has 2 heterocycles. The van der Waals surface area contributed by atoms with Gasteiger partial charge in [-0.2, -0.15) is 0 Å². The van der Waals surface area contributed by atoms with Crippen LogP contribution in [0.25, 0.3) is 28.2 Å². The standard InChI is InChI=1S/C25H17ClIN3O2/c1-14-3-10-22-18(11-14)19(24(31)29(22)2)13-23-28-21-9-6-16(27)12-20(21)25(32)30(23)17-7-4-15(26)5-8-17/h3-13H,1-2H3/b19-13-. The molecule has 0 N–H and O–H groups in total. The summed E-state index contributed by atoms with van der Waals surface area (Å²) in [6, 6.07) is 18.5. The molecule has 158 valence electrons. The summed E-state index contributed by atoms with van der Waals surface area (Å²) in [5.74, 6) is 0.252. The van der Waals surface area contributed by atoms with Crippen LogP contribution in [-0.4, -0.2) is 22.5 Å². The Bertz CT molecular complexity index is 1510. The van der Waals surface area contributed by atoms with Crippen LogP contribution in [-0.2, 0) is 4.79 Å². The number of fused-ring (bicyclic) bond motifs is 2. The second-order valence-corrected chi connectivity index (χ2v) is 9.37. The summed E-state index contributed by atoms with van der Waals surface area (Å²) in [5, 5.41) is 1.09. The molecular weight excluding hydrogens is 537 g/mol. The summed E-state index contributed by atoms with van der Waals surface area (Å²) in [7, 11) is 1.75. The van der Waals surface area contributed by atoms with E-state index in [2.05, 4.69) is 22.6 Å². The Labute approximate surface area is 203 Å². The molecule has 1 aromatic heterocycles. The average molecular weight is 554 g/mol. The minimum atomic E-state index is -0.203. The number of amides is 1. The fraction of sp³-hybridized carbons (Fsp3) is 0.0800. The minimum Gasteiger partial charge on any atom is -0.311 e. The Morgan fingerprint density at radius 1 is 1.00 bits per heavy atom. The molecule has 0 unspecified atom stereocenters. The van der Waals surface area contributed by atoms with Crippen LogP contribution in [0.3, 0.4) is 0 Å². The highest BCUT2D eigenvalue weighted by Gasteiger charge is 2.30. The molecule has 5 nitrogen and oxygen atoms in total. The first kappa shape index (κ1) is 20.9. The second-order valence-electron chi connectivity index (χ2n) is 7.69.